The van der Waals surface area contributed by atoms with Crippen LogP contribution in [-0.2, 0) is 13.0 Å². The maximum absolute atomic E-state index is 12.8. The van der Waals surface area contributed by atoms with Gasteiger partial charge in [0.1, 0.15) is 11.4 Å². The number of H-pyrrole nitrogens is 1. The minimum Gasteiger partial charge on any atom is -0.478 e. The molecule has 7 nitrogen and oxygen atoms in total. The van der Waals surface area contributed by atoms with Crippen LogP contribution in [0.2, 0.25) is 0 Å². The fourth-order valence-corrected chi connectivity index (χ4v) is 3.11. The summed E-state index contributed by atoms with van der Waals surface area (Å²) in [5.41, 5.74) is 3.88. The van der Waals surface area contributed by atoms with Crippen molar-refractivity contribution in [1.82, 2.24) is 20.1 Å². The lowest BCUT2D eigenvalue weighted by molar-refractivity contribution is 0.0696. The lowest BCUT2D eigenvalue weighted by Gasteiger charge is -2.28. The SMILES string of the molecule is O=C(O)c1ccc2c(c1)CN(C(=O)c1cc(-c3ccccn3)n[nH]1)CC2. The van der Waals surface area contributed by atoms with Gasteiger partial charge in [-0.2, -0.15) is 5.10 Å². The number of fused-ring (bicyclic) bond motifs is 1. The molecule has 1 aliphatic heterocycles. The lowest BCUT2D eigenvalue weighted by atomic mass is 9.97. The largest absolute Gasteiger partial charge is 0.478 e. The number of carbonyl (C=O) groups is 2. The molecule has 0 fully saturated rings. The van der Waals surface area contributed by atoms with Gasteiger partial charge < -0.3 is 10.0 Å². The molecule has 1 aliphatic rings. The van der Waals surface area contributed by atoms with Crippen LogP contribution >= 0.6 is 0 Å². The van der Waals surface area contributed by atoms with E-state index in [2.05, 4.69) is 15.2 Å². The van der Waals surface area contributed by atoms with Gasteiger partial charge in [0.05, 0.1) is 11.3 Å². The molecule has 0 unspecified atom stereocenters. The second-order valence-corrected chi connectivity index (χ2v) is 6.15. The van der Waals surface area contributed by atoms with Gasteiger partial charge in [-0.1, -0.05) is 12.1 Å². The number of nitrogens with one attached hydrogen (secondary N) is 1. The molecule has 4 rings (SSSR count). The van der Waals surface area contributed by atoms with Gasteiger partial charge in [-0.15, -0.1) is 0 Å². The fourth-order valence-electron chi connectivity index (χ4n) is 3.11. The Hall–Kier alpha value is -3.48. The van der Waals surface area contributed by atoms with E-state index in [1.165, 1.54) is 0 Å². The zero-order valence-corrected chi connectivity index (χ0v) is 13.8. The smallest absolute Gasteiger partial charge is 0.335 e. The Morgan fingerprint density at radius 2 is 1.96 bits per heavy atom. The first-order chi connectivity index (χ1) is 12.6. The summed E-state index contributed by atoms with van der Waals surface area (Å²) in [6, 6.07) is 12.3. The summed E-state index contributed by atoms with van der Waals surface area (Å²) in [4.78, 5) is 29.9. The maximum atomic E-state index is 12.8. The summed E-state index contributed by atoms with van der Waals surface area (Å²) >= 11 is 0. The number of carbonyl (C=O) groups excluding carboxylic acids is 1. The second kappa shape index (κ2) is 6.44. The molecule has 3 heterocycles. The molecule has 1 amide bonds. The van der Waals surface area contributed by atoms with E-state index in [4.69, 9.17) is 5.11 Å². The minimum absolute atomic E-state index is 0.161. The first-order valence-electron chi connectivity index (χ1n) is 8.23. The Kier molecular flexibility index (Phi) is 3.96. The van der Waals surface area contributed by atoms with Crippen LogP contribution in [0, 0.1) is 0 Å². The molecule has 0 bridgehead atoms. The van der Waals surface area contributed by atoms with Crippen LogP contribution in [0.1, 0.15) is 32.0 Å². The van der Waals surface area contributed by atoms with Crippen LogP contribution in [0.15, 0.2) is 48.7 Å². The predicted octanol–water partition coefficient (Wildman–Crippen LogP) is 2.37. The third kappa shape index (κ3) is 2.95. The molecule has 0 saturated heterocycles. The number of hydrogen-bond acceptors (Lipinski definition) is 4. The number of nitrogens with zero attached hydrogens (tertiary/aromatic N) is 3. The second-order valence-electron chi connectivity index (χ2n) is 6.15. The van der Waals surface area contributed by atoms with E-state index in [0.717, 1.165) is 11.1 Å². The number of amides is 1. The molecule has 3 aromatic rings. The highest BCUT2D eigenvalue weighted by atomic mass is 16.4. The van der Waals surface area contributed by atoms with Crippen molar-refractivity contribution in [2.45, 2.75) is 13.0 Å². The zero-order valence-electron chi connectivity index (χ0n) is 13.8. The van der Waals surface area contributed by atoms with Crippen molar-refractivity contribution < 1.29 is 14.7 Å². The molecular formula is C19H16N4O3. The predicted molar refractivity (Wildman–Crippen MR) is 93.7 cm³/mol. The average molecular weight is 348 g/mol. The number of rotatable bonds is 3. The number of carboxylic acids is 1. The Morgan fingerprint density at radius 3 is 2.73 bits per heavy atom. The number of pyridine rings is 1. The van der Waals surface area contributed by atoms with E-state index in [-0.39, 0.29) is 11.5 Å². The van der Waals surface area contributed by atoms with Gasteiger partial charge in [0.15, 0.2) is 0 Å². The van der Waals surface area contributed by atoms with Gasteiger partial charge in [-0.25, -0.2) is 4.79 Å². The normalized spacial score (nSPS) is 13.3. The number of benzene rings is 1. The molecule has 1 aromatic carbocycles. The summed E-state index contributed by atoms with van der Waals surface area (Å²) in [6.45, 7) is 0.962. The monoisotopic (exact) mass is 348 g/mol. The van der Waals surface area contributed by atoms with E-state index in [1.807, 2.05) is 24.3 Å². The highest BCUT2D eigenvalue weighted by Gasteiger charge is 2.24. The van der Waals surface area contributed by atoms with E-state index in [9.17, 15) is 9.59 Å². The maximum Gasteiger partial charge on any atom is 0.335 e. The molecule has 0 atom stereocenters. The number of aromatic nitrogens is 3. The first kappa shape index (κ1) is 16.0. The van der Waals surface area contributed by atoms with E-state index in [1.54, 1.807) is 29.3 Å². The van der Waals surface area contributed by atoms with Gasteiger partial charge >= 0.3 is 5.97 Å². The third-order valence-electron chi connectivity index (χ3n) is 4.49. The highest BCUT2D eigenvalue weighted by Crippen LogP contribution is 2.23. The van der Waals surface area contributed by atoms with Crippen LogP contribution in [-0.4, -0.2) is 43.6 Å². The highest BCUT2D eigenvalue weighted by molar-refractivity contribution is 5.93. The Labute approximate surface area is 149 Å². The fraction of sp³-hybridized carbons (Fsp3) is 0.158. The summed E-state index contributed by atoms with van der Waals surface area (Å²) in [7, 11) is 0. The van der Waals surface area contributed by atoms with E-state index in [0.29, 0.717) is 36.6 Å². The van der Waals surface area contributed by atoms with Gasteiger partial charge in [-0.05, 0) is 47.9 Å². The van der Waals surface area contributed by atoms with Crippen molar-refractivity contribution in [2.24, 2.45) is 0 Å². The number of hydrogen-bond donors (Lipinski definition) is 2. The minimum atomic E-state index is -0.968. The molecule has 130 valence electrons. The average Bonchev–Trinajstić information content (AvgIpc) is 3.17. The van der Waals surface area contributed by atoms with Crippen LogP contribution in [0.4, 0.5) is 0 Å². The van der Waals surface area contributed by atoms with Gasteiger partial charge in [0.2, 0.25) is 0 Å². The number of aromatic amines is 1. The van der Waals surface area contributed by atoms with Crippen molar-refractivity contribution in [3.05, 3.63) is 71.0 Å². The molecule has 26 heavy (non-hydrogen) atoms. The molecule has 0 spiro atoms. The molecule has 2 N–H and O–H groups in total. The summed E-state index contributed by atoms with van der Waals surface area (Å²) < 4.78 is 0. The zero-order chi connectivity index (χ0) is 18.1. The standard InChI is InChI=1S/C19H16N4O3/c24-18(17-10-16(21-22-17)15-3-1-2-7-20-15)23-8-6-12-4-5-13(19(25)26)9-14(12)11-23/h1-5,7,9-10H,6,8,11H2,(H,21,22)(H,25,26). The quantitative estimate of drug-likeness (QED) is 0.757. The van der Waals surface area contributed by atoms with Crippen molar-refractivity contribution >= 4 is 11.9 Å². The Balaban J connectivity index is 1.55. The summed E-state index contributed by atoms with van der Waals surface area (Å²) in [5.74, 6) is -1.13. The van der Waals surface area contributed by atoms with Crippen LogP contribution in [0.5, 0.6) is 0 Å². The van der Waals surface area contributed by atoms with Crippen LogP contribution in [0.3, 0.4) is 0 Å². The van der Waals surface area contributed by atoms with Crippen molar-refractivity contribution in [3.8, 4) is 11.4 Å². The van der Waals surface area contributed by atoms with Crippen molar-refractivity contribution in [2.75, 3.05) is 6.54 Å². The van der Waals surface area contributed by atoms with Crippen LogP contribution < -0.4 is 0 Å². The molecular weight excluding hydrogens is 332 g/mol. The number of aromatic carboxylic acids is 1. The van der Waals surface area contributed by atoms with Crippen LogP contribution in [0.25, 0.3) is 11.4 Å². The number of carboxylic acid groups (broad SMARTS) is 1. The van der Waals surface area contributed by atoms with Gasteiger partial charge in [0, 0.05) is 19.3 Å². The van der Waals surface area contributed by atoms with Crippen molar-refractivity contribution in [3.63, 3.8) is 0 Å². The van der Waals surface area contributed by atoms with E-state index >= 15 is 0 Å². The summed E-state index contributed by atoms with van der Waals surface area (Å²) in [5, 5.41) is 16.1. The topological polar surface area (TPSA) is 99.2 Å². The molecule has 0 radical (unpaired) electrons. The van der Waals surface area contributed by atoms with Gasteiger partial charge in [-0.3, -0.25) is 14.9 Å². The molecule has 0 aliphatic carbocycles. The lowest BCUT2D eigenvalue weighted by Crippen LogP contribution is -2.36. The Bertz CT molecular complexity index is 981. The van der Waals surface area contributed by atoms with E-state index < -0.39 is 5.97 Å². The molecule has 7 heteroatoms. The first-order valence-corrected chi connectivity index (χ1v) is 8.23. The Morgan fingerprint density at radius 1 is 1.08 bits per heavy atom. The van der Waals surface area contributed by atoms with Gasteiger partial charge in [0.25, 0.3) is 5.91 Å². The molecule has 2 aromatic heterocycles. The third-order valence-corrected chi connectivity index (χ3v) is 4.49. The summed E-state index contributed by atoms with van der Waals surface area (Å²) in [6.07, 6.45) is 2.37. The van der Waals surface area contributed by atoms with Crippen molar-refractivity contribution in [1.29, 1.82) is 0 Å². The molecule has 0 saturated carbocycles.